The van der Waals surface area contributed by atoms with Gasteiger partial charge in [0.25, 0.3) is 0 Å². The van der Waals surface area contributed by atoms with Gasteiger partial charge in [-0.05, 0) is 43.0 Å². The Hall–Kier alpha value is -1.69. The van der Waals surface area contributed by atoms with Gasteiger partial charge in [0, 0.05) is 28.4 Å². The molecule has 1 saturated carbocycles. The Bertz CT molecular complexity index is 918. The molecule has 0 bridgehead atoms. The predicted octanol–water partition coefficient (Wildman–Crippen LogP) is 6.09. The third kappa shape index (κ3) is 7.16. The first-order valence-corrected chi connectivity index (χ1v) is 13.0. The molecule has 4 nitrogen and oxygen atoms in total. The highest BCUT2D eigenvalue weighted by Gasteiger charge is 2.28. The molecule has 0 aliphatic heterocycles. The first-order valence-electron chi connectivity index (χ1n) is 11.1. The fourth-order valence-electron chi connectivity index (χ4n) is 3.91. The lowest BCUT2D eigenvalue weighted by Gasteiger charge is -2.31. The number of thioether (sulfide) groups is 1. The van der Waals surface area contributed by atoms with E-state index in [0.717, 1.165) is 36.8 Å². The molecule has 1 aliphatic rings. The highest BCUT2D eigenvalue weighted by atomic mass is 35.5. The van der Waals surface area contributed by atoms with Crippen LogP contribution in [0.3, 0.4) is 0 Å². The second kappa shape index (κ2) is 12.5. The van der Waals surface area contributed by atoms with Gasteiger partial charge in [0.15, 0.2) is 0 Å². The van der Waals surface area contributed by atoms with Crippen molar-refractivity contribution in [1.82, 2.24) is 10.2 Å². The Labute approximate surface area is 205 Å². The molecule has 2 aromatic rings. The molecule has 0 unspecified atom stereocenters. The van der Waals surface area contributed by atoms with Gasteiger partial charge in [-0.15, -0.1) is 11.8 Å². The van der Waals surface area contributed by atoms with Gasteiger partial charge in [-0.2, -0.15) is 0 Å². The van der Waals surface area contributed by atoms with Crippen molar-refractivity contribution in [1.29, 1.82) is 0 Å². The molecular weight excluding hydrogens is 463 g/mol. The van der Waals surface area contributed by atoms with Crippen molar-refractivity contribution in [2.24, 2.45) is 0 Å². The summed E-state index contributed by atoms with van der Waals surface area (Å²) < 4.78 is 0. The predicted molar refractivity (Wildman–Crippen MR) is 134 cm³/mol. The van der Waals surface area contributed by atoms with E-state index in [0.29, 0.717) is 22.3 Å². The van der Waals surface area contributed by atoms with E-state index in [1.165, 1.54) is 18.2 Å². The fraction of sp³-hybridized carbons (Fsp3) is 0.440. The standard InChI is InChI=1S/C25H30Cl2N2O2S/c1-18(25(31)28-21-11-3-2-4-12-21)29(15-19-9-5-7-13-22(19)26)24(30)17-32-16-20-10-6-8-14-23(20)27/h5-10,13-14,18,21H,2-4,11-12,15-17H2,1H3,(H,28,31)/t18-/m1/s1. The molecule has 2 aromatic carbocycles. The average Bonchev–Trinajstić information content (AvgIpc) is 2.80. The van der Waals surface area contributed by atoms with Gasteiger partial charge in [-0.1, -0.05) is 78.9 Å². The van der Waals surface area contributed by atoms with Crippen molar-refractivity contribution in [3.8, 4) is 0 Å². The normalized spacial score (nSPS) is 15.2. The van der Waals surface area contributed by atoms with Crippen molar-refractivity contribution >= 4 is 46.8 Å². The number of halogens is 2. The molecule has 0 radical (unpaired) electrons. The van der Waals surface area contributed by atoms with E-state index in [1.807, 2.05) is 42.5 Å². The minimum absolute atomic E-state index is 0.0896. The molecule has 172 valence electrons. The van der Waals surface area contributed by atoms with Crippen LogP contribution in [0.4, 0.5) is 0 Å². The number of carbonyl (C=O) groups is 2. The van der Waals surface area contributed by atoms with E-state index >= 15 is 0 Å². The third-order valence-electron chi connectivity index (χ3n) is 5.86. The smallest absolute Gasteiger partial charge is 0.242 e. The Morgan fingerprint density at radius 3 is 2.22 bits per heavy atom. The molecule has 32 heavy (non-hydrogen) atoms. The number of carbonyl (C=O) groups excluding carboxylic acids is 2. The number of nitrogens with zero attached hydrogens (tertiary/aromatic N) is 1. The van der Waals surface area contributed by atoms with Crippen LogP contribution < -0.4 is 5.32 Å². The summed E-state index contributed by atoms with van der Waals surface area (Å²) in [7, 11) is 0. The first kappa shape index (κ1) is 24.9. The van der Waals surface area contributed by atoms with E-state index in [-0.39, 0.29) is 23.6 Å². The van der Waals surface area contributed by atoms with Crippen LogP contribution in [0, 0.1) is 0 Å². The Morgan fingerprint density at radius 2 is 1.59 bits per heavy atom. The third-order valence-corrected chi connectivity index (χ3v) is 7.56. The zero-order chi connectivity index (χ0) is 22.9. The summed E-state index contributed by atoms with van der Waals surface area (Å²) in [5.74, 6) is 0.701. The van der Waals surface area contributed by atoms with Crippen molar-refractivity contribution < 1.29 is 9.59 Å². The number of hydrogen-bond acceptors (Lipinski definition) is 3. The lowest BCUT2D eigenvalue weighted by molar-refractivity contribution is -0.139. The number of rotatable bonds is 9. The van der Waals surface area contributed by atoms with Crippen LogP contribution in [-0.4, -0.2) is 34.6 Å². The van der Waals surface area contributed by atoms with Crippen molar-refractivity contribution in [3.05, 3.63) is 69.7 Å². The largest absolute Gasteiger partial charge is 0.352 e. The molecule has 0 saturated heterocycles. The summed E-state index contributed by atoms with van der Waals surface area (Å²) >= 11 is 14.1. The zero-order valence-corrected chi connectivity index (χ0v) is 20.7. The minimum atomic E-state index is -0.582. The van der Waals surface area contributed by atoms with E-state index in [1.54, 1.807) is 17.9 Å². The molecule has 2 amide bonds. The van der Waals surface area contributed by atoms with E-state index < -0.39 is 6.04 Å². The van der Waals surface area contributed by atoms with Gasteiger partial charge in [0.2, 0.25) is 11.8 Å². The maximum atomic E-state index is 13.2. The monoisotopic (exact) mass is 492 g/mol. The van der Waals surface area contributed by atoms with Crippen molar-refractivity contribution in [2.45, 2.75) is 63.4 Å². The maximum absolute atomic E-state index is 13.2. The maximum Gasteiger partial charge on any atom is 0.242 e. The minimum Gasteiger partial charge on any atom is -0.352 e. The molecule has 0 heterocycles. The highest BCUT2D eigenvalue weighted by molar-refractivity contribution is 7.99. The second-order valence-corrected chi connectivity index (χ2v) is 10.0. The number of nitrogens with one attached hydrogen (secondary N) is 1. The van der Waals surface area contributed by atoms with Gasteiger partial charge >= 0.3 is 0 Å². The summed E-state index contributed by atoms with van der Waals surface area (Å²) in [5.41, 5.74) is 1.82. The van der Waals surface area contributed by atoms with E-state index in [4.69, 9.17) is 23.2 Å². The molecule has 0 spiro atoms. The topological polar surface area (TPSA) is 49.4 Å². The Morgan fingerprint density at radius 1 is 1.00 bits per heavy atom. The van der Waals surface area contributed by atoms with Gasteiger partial charge in [-0.25, -0.2) is 0 Å². The van der Waals surface area contributed by atoms with Gasteiger partial charge in [0.1, 0.15) is 6.04 Å². The molecular formula is C25H30Cl2N2O2S. The zero-order valence-electron chi connectivity index (χ0n) is 18.4. The molecule has 1 aliphatic carbocycles. The van der Waals surface area contributed by atoms with Crippen LogP contribution in [0.15, 0.2) is 48.5 Å². The number of hydrogen-bond donors (Lipinski definition) is 1. The summed E-state index contributed by atoms with van der Waals surface area (Å²) in [4.78, 5) is 27.9. The van der Waals surface area contributed by atoms with Crippen molar-refractivity contribution in [3.63, 3.8) is 0 Å². The van der Waals surface area contributed by atoms with E-state index in [2.05, 4.69) is 5.32 Å². The van der Waals surface area contributed by atoms with Crippen LogP contribution >= 0.6 is 35.0 Å². The van der Waals surface area contributed by atoms with Crippen LogP contribution in [0.25, 0.3) is 0 Å². The quantitative estimate of drug-likeness (QED) is 0.460. The van der Waals surface area contributed by atoms with Gasteiger partial charge < -0.3 is 10.2 Å². The molecule has 0 aromatic heterocycles. The van der Waals surface area contributed by atoms with Crippen molar-refractivity contribution in [2.75, 3.05) is 5.75 Å². The molecule has 7 heteroatoms. The summed E-state index contributed by atoms with van der Waals surface area (Å²) in [5, 5.41) is 4.44. The summed E-state index contributed by atoms with van der Waals surface area (Å²) in [6.45, 7) is 2.09. The number of amides is 2. The van der Waals surface area contributed by atoms with Gasteiger partial charge in [0.05, 0.1) is 5.75 Å². The number of benzene rings is 2. The van der Waals surface area contributed by atoms with Crippen LogP contribution in [0.2, 0.25) is 10.0 Å². The van der Waals surface area contributed by atoms with Crippen LogP contribution in [0.5, 0.6) is 0 Å². The second-order valence-electron chi connectivity index (χ2n) is 8.22. The molecule has 1 fully saturated rings. The Kier molecular flexibility index (Phi) is 9.76. The van der Waals surface area contributed by atoms with Crippen LogP contribution in [0.1, 0.15) is 50.2 Å². The summed E-state index contributed by atoms with van der Waals surface area (Å²) in [6.07, 6.45) is 5.51. The van der Waals surface area contributed by atoms with Gasteiger partial charge in [-0.3, -0.25) is 9.59 Å². The molecule has 1 atom stereocenters. The Balaban J connectivity index is 1.67. The fourth-order valence-corrected chi connectivity index (χ4v) is 5.30. The highest BCUT2D eigenvalue weighted by Crippen LogP contribution is 2.23. The SMILES string of the molecule is C[C@H](C(=O)NC1CCCCC1)N(Cc1ccccc1Cl)C(=O)CSCc1ccccc1Cl. The van der Waals surface area contributed by atoms with E-state index in [9.17, 15) is 9.59 Å². The lowest BCUT2D eigenvalue weighted by Crippen LogP contribution is -2.50. The molecule has 1 N–H and O–H groups in total. The summed E-state index contributed by atoms with van der Waals surface area (Å²) in [6, 6.07) is 14.7. The lowest BCUT2D eigenvalue weighted by atomic mass is 9.95. The molecule has 3 rings (SSSR count). The first-order chi connectivity index (χ1) is 15.5. The average molecular weight is 494 g/mol. The van der Waals surface area contributed by atoms with Crippen LogP contribution in [-0.2, 0) is 21.9 Å².